The van der Waals surface area contributed by atoms with Crippen LogP contribution in [0.1, 0.15) is 79.6 Å². The number of aliphatic hydroxyl groups is 2. The summed E-state index contributed by atoms with van der Waals surface area (Å²) in [7, 11) is 0. The van der Waals surface area contributed by atoms with Gasteiger partial charge in [-0.2, -0.15) is 0 Å². The van der Waals surface area contributed by atoms with E-state index in [2.05, 4.69) is 50.1 Å². The summed E-state index contributed by atoms with van der Waals surface area (Å²) in [5, 5.41) is 24.5. The van der Waals surface area contributed by atoms with E-state index in [9.17, 15) is 10.2 Å². The van der Waals surface area contributed by atoms with Gasteiger partial charge in [0.1, 0.15) is 0 Å². The summed E-state index contributed by atoms with van der Waals surface area (Å²) < 4.78 is 0. The van der Waals surface area contributed by atoms with Gasteiger partial charge in [0.15, 0.2) is 0 Å². The molecule has 3 nitrogen and oxygen atoms in total. The van der Waals surface area contributed by atoms with Crippen LogP contribution in [0.4, 0.5) is 0 Å². The van der Waals surface area contributed by atoms with Crippen molar-refractivity contribution in [3.05, 3.63) is 23.8 Å². The molecule has 2 fully saturated rings. The minimum Gasteiger partial charge on any atom is -0.392 e. The van der Waals surface area contributed by atoms with E-state index in [4.69, 9.17) is 0 Å². The summed E-state index contributed by atoms with van der Waals surface area (Å²) in [5.74, 6) is 7.38. The third-order valence-corrected chi connectivity index (χ3v) is 6.54. The molecule has 0 aromatic carbocycles. The normalized spacial score (nSPS) is 30.4. The number of fused-ring (bicyclic) bond motifs is 1. The van der Waals surface area contributed by atoms with Crippen LogP contribution in [-0.2, 0) is 0 Å². The van der Waals surface area contributed by atoms with Gasteiger partial charge in [0, 0.05) is 17.9 Å². The van der Waals surface area contributed by atoms with Crippen LogP contribution < -0.4 is 5.32 Å². The van der Waals surface area contributed by atoms with Crippen molar-refractivity contribution in [3.63, 3.8) is 0 Å². The molecule has 2 saturated carbocycles. The van der Waals surface area contributed by atoms with Crippen molar-refractivity contribution in [2.45, 2.75) is 97.3 Å². The number of hydrogen-bond donors (Lipinski definition) is 3. The highest BCUT2D eigenvalue weighted by atomic mass is 16.3. The minimum atomic E-state index is -0.486. The molecule has 0 unspecified atom stereocenters. The van der Waals surface area contributed by atoms with E-state index in [-0.39, 0.29) is 23.5 Å². The fraction of sp³-hybridized carbons (Fsp3) is 0.769. The first kappa shape index (κ1) is 24.2. The lowest BCUT2D eigenvalue weighted by atomic mass is 9.89. The van der Waals surface area contributed by atoms with Gasteiger partial charge in [-0.05, 0) is 90.5 Å². The molecule has 3 N–H and O–H groups in total. The van der Waals surface area contributed by atoms with Crippen molar-refractivity contribution in [2.75, 3.05) is 6.54 Å². The molecule has 0 aliphatic heterocycles. The Hall–Kier alpha value is -1.08. The molecule has 0 saturated heterocycles. The average molecular weight is 402 g/mol. The number of nitrogens with one attached hydrogen (secondary N) is 1. The molecule has 3 heteroatoms. The second-order valence-electron chi connectivity index (χ2n) is 10.2. The van der Waals surface area contributed by atoms with Crippen molar-refractivity contribution >= 4 is 0 Å². The molecule has 0 aromatic rings. The smallest absolute Gasteiger partial charge is 0.0755 e. The van der Waals surface area contributed by atoms with Crippen molar-refractivity contribution in [1.82, 2.24) is 5.32 Å². The zero-order valence-electron chi connectivity index (χ0n) is 19.2. The number of hydrogen-bond acceptors (Lipinski definition) is 3. The van der Waals surface area contributed by atoms with E-state index < -0.39 is 6.10 Å². The Labute approximate surface area is 179 Å². The quantitative estimate of drug-likeness (QED) is 0.294. The topological polar surface area (TPSA) is 52.5 Å². The van der Waals surface area contributed by atoms with Gasteiger partial charge in [-0.15, -0.1) is 11.8 Å². The van der Waals surface area contributed by atoms with Crippen LogP contribution in [0, 0.1) is 35.5 Å². The maximum absolute atomic E-state index is 10.5. The lowest BCUT2D eigenvalue weighted by Gasteiger charge is -2.20. The van der Waals surface area contributed by atoms with E-state index in [1.165, 1.54) is 19.3 Å². The standard InChI is InChI=1S/C26H43NO2/c1-6-7-11-19(2)24(28)14-13-22-23-17-20(16-21(23)18-25(22)29)12-9-8-10-15-27-26(3,4)5/h12-14,19,21-25,27-29H,8-11,15-18H2,1-5H3/t19-,21+,22-,23+,24-,25-/m1/s1. The fourth-order valence-corrected chi connectivity index (χ4v) is 4.79. The Morgan fingerprint density at radius 1 is 1.24 bits per heavy atom. The summed E-state index contributed by atoms with van der Waals surface area (Å²) >= 11 is 0. The van der Waals surface area contributed by atoms with Crippen molar-refractivity contribution in [1.29, 1.82) is 0 Å². The maximum Gasteiger partial charge on any atom is 0.0755 e. The number of allylic oxidation sites excluding steroid dienone is 2. The Morgan fingerprint density at radius 2 is 2.00 bits per heavy atom. The first-order valence-electron chi connectivity index (χ1n) is 11.6. The molecule has 2 aliphatic rings. The van der Waals surface area contributed by atoms with Gasteiger partial charge in [0.25, 0.3) is 0 Å². The Kier molecular flexibility index (Phi) is 9.47. The van der Waals surface area contributed by atoms with E-state index >= 15 is 0 Å². The fourth-order valence-electron chi connectivity index (χ4n) is 4.79. The summed E-state index contributed by atoms with van der Waals surface area (Å²) in [6, 6.07) is 0. The van der Waals surface area contributed by atoms with Crippen LogP contribution in [0.3, 0.4) is 0 Å². The SMILES string of the molecule is CC#CC[C@@H](C)[C@H](O)C=C[C@@H]1[C@H]2CC(=CCCCCNC(C)(C)C)C[C@H]2C[C@H]1O. The van der Waals surface area contributed by atoms with Crippen molar-refractivity contribution in [3.8, 4) is 11.8 Å². The predicted molar refractivity (Wildman–Crippen MR) is 122 cm³/mol. The largest absolute Gasteiger partial charge is 0.392 e. The number of aliphatic hydroxyl groups excluding tert-OH is 2. The second kappa shape index (κ2) is 11.3. The molecule has 0 radical (unpaired) electrons. The predicted octanol–water partition coefficient (Wildman–Crippen LogP) is 4.84. The van der Waals surface area contributed by atoms with Crippen LogP contribution >= 0.6 is 0 Å². The number of unbranched alkanes of at least 4 members (excludes halogenated alkanes) is 2. The van der Waals surface area contributed by atoms with Crippen LogP contribution in [0.5, 0.6) is 0 Å². The van der Waals surface area contributed by atoms with Gasteiger partial charge >= 0.3 is 0 Å². The van der Waals surface area contributed by atoms with Crippen LogP contribution in [-0.4, -0.2) is 34.5 Å². The lowest BCUT2D eigenvalue weighted by Crippen LogP contribution is -2.36. The minimum absolute atomic E-state index is 0.125. The molecule has 2 aliphatic carbocycles. The van der Waals surface area contributed by atoms with Crippen molar-refractivity contribution in [2.24, 2.45) is 23.7 Å². The monoisotopic (exact) mass is 401 g/mol. The summed E-state index contributed by atoms with van der Waals surface area (Å²) in [5.41, 5.74) is 1.79. The summed E-state index contributed by atoms with van der Waals surface area (Å²) in [4.78, 5) is 0. The Morgan fingerprint density at radius 3 is 2.69 bits per heavy atom. The number of rotatable bonds is 9. The van der Waals surface area contributed by atoms with Gasteiger partial charge in [-0.1, -0.05) is 30.7 Å². The van der Waals surface area contributed by atoms with E-state index in [0.717, 1.165) is 25.8 Å². The molecule has 6 atom stereocenters. The molecular formula is C26H43NO2. The molecule has 0 heterocycles. The van der Waals surface area contributed by atoms with Crippen LogP contribution in [0.2, 0.25) is 0 Å². The van der Waals surface area contributed by atoms with Gasteiger partial charge in [-0.25, -0.2) is 0 Å². The third-order valence-electron chi connectivity index (χ3n) is 6.54. The second-order valence-corrected chi connectivity index (χ2v) is 10.2. The zero-order valence-corrected chi connectivity index (χ0v) is 19.2. The maximum atomic E-state index is 10.5. The molecule has 0 bridgehead atoms. The Balaban J connectivity index is 1.80. The zero-order chi connectivity index (χ0) is 21.4. The molecular weight excluding hydrogens is 358 g/mol. The van der Waals surface area contributed by atoms with Crippen LogP contribution in [0.15, 0.2) is 23.8 Å². The molecule has 0 spiro atoms. The van der Waals surface area contributed by atoms with Crippen LogP contribution in [0.25, 0.3) is 0 Å². The Bertz CT molecular complexity index is 619. The average Bonchev–Trinajstić information content (AvgIpc) is 3.16. The highest BCUT2D eigenvalue weighted by molar-refractivity contribution is 5.18. The molecule has 29 heavy (non-hydrogen) atoms. The van der Waals surface area contributed by atoms with Gasteiger partial charge in [-0.3, -0.25) is 0 Å². The third kappa shape index (κ3) is 7.93. The van der Waals surface area contributed by atoms with Gasteiger partial charge < -0.3 is 15.5 Å². The van der Waals surface area contributed by atoms with E-state index in [1.54, 1.807) is 5.57 Å². The first-order valence-corrected chi connectivity index (χ1v) is 11.6. The molecule has 0 amide bonds. The van der Waals surface area contributed by atoms with Gasteiger partial charge in [0.2, 0.25) is 0 Å². The highest BCUT2D eigenvalue weighted by Crippen LogP contribution is 2.50. The molecule has 2 rings (SSSR count). The first-order chi connectivity index (χ1) is 13.7. The van der Waals surface area contributed by atoms with E-state index in [1.807, 2.05) is 19.9 Å². The van der Waals surface area contributed by atoms with Crippen molar-refractivity contribution < 1.29 is 10.2 Å². The molecule has 164 valence electrons. The summed E-state index contributed by atoms with van der Waals surface area (Å²) in [6.07, 6.45) is 13.2. The lowest BCUT2D eigenvalue weighted by molar-refractivity contribution is 0.137. The highest BCUT2D eigenvalue weighted by Gasteiger charge is 2.44. The summed E-state index contributed by atoms with van der Waals surface area (Å²) in [6.45, 7) is 11.6. The molecule has 0 aromatic heterocycles. The van der Waals surface area contributed by atoms with E-state index in [0.29, 0.717) is 18.3 Å². The van der Waals surface area contributed by atoms with Gasteiger partial charge in [0.05, 0.1) is 12.2 Å².